The maximum absolute atomic E-state index is 12.2. The van der Waals surface area contributed by atoms with E-state index in [9.17, 15) is 8.42 Å². The molecule has 1 unspecified atom stereocenters. The molecule has 0 aliphatic carbocycles. The van der Waals surface area contributed by atoms with Gasteiger partial charge in [-0.05, 0) is 25.0 Å². The first-order chi connectivity index (χ1) is 9.24. The highest BCUT2D eigenvalue weighted by Crippen LogP contribution is 2.16. The van der Waals surface area contributed by atoms with Crippen molar-refractivity contribution in [2.24, 2.45) is 5.92 Å². The third-order valence-corrected chi connectivity index (χ3v) is 5.34. The molecule has 0 aromatic heterocycles. The standard InChI is InChI=1S/C14H24N2O3S/c1-11(2)12(3)16(4)20(17,18)9-8-19-14-7-5-6-13(15)10-14/h5-7,10-12H,8-9,15H2,1-4H3. The van der Waals surface area contributed by atoms with Crippen LogP contribution < -0.4 is 10.5 Å². The van der Waals surface area contributed by atoms with Crippen LogP contribution in [0.4, 0.5) is 5.69 Å². The molecule has 114 valence electrons. The maximum Gasteiger partial charge on any atom is 0.217 e. The van der Waals surface area contributed by atoms with Crippen molar-refractivity contribution in [3.8, 4) is 5.75 Å². The zero-order chi connectivity index (χ0) is 15.3. The highest BCUT2D eigenvalue weighted by Gasteiger charge is 2.24. The van der Waals surface area contributed by atoms with E-state index < -0.39 is 10.0 Å². The van der Waals surface area contributed by atoms with Gasteiger partial charge in [-0.2, -0.15) is 0 Å². The fraction of sp³-hybridized carbons (Fsp3) is 0.571. The number of ether oxygens (including phenoxy) is 1. The van der Waals surface area contributed by atoms with Gasteiger partial charge in [-0.25, -0.2) is 12.7 Å². The summed E-state index contributed by atoms with van der Waals surface area (Å²) in [6.45, 7) is 6.02. The van der Waals surface area contributed by atoms with Gasteiger partial charge in [0.1, 0.15) is 12.4 Å². The molecule has 1 atom stereocenters. The molecule has 0 bridgehead atoms. The van der Waals surface area contributed by atoms with Gasteiger partial charge in [-0.1, -0.05) is 19.9 Å². The van der Waals surface area contributed by atoms with Crippen molar-refractivity contribution >= 4 is 15.7 Å². The minimum absolute atomic E-state index is 0.0348. The second-order valence-electron chi connectivity index (χ2n) is 5.24. The molecule has 1 aromatic rings. The Balaban J connectivity index is 2.56. The second-order valence-corrected chi connectivity index (χ2v) is 7.39. The first-order valence-electron chi connectivity index (χ1n) is 6.68. The zero-order valence-corrected chi connectivity index (χ0v) is 13.4. The van der Waals surface area contributed by atoms with Gasteiger partial charge in [0.05, 0.1) is 5.75 Å². The molecule has 20 heavy (non-hydrogen) atoms. The number of nitrogens with two attached hydrogens (primary N) is 1. The molecule has 5 nitrogen and oxygen atoms in total. The molecule has 0 aliphatic heterocycles. The molecule has 0 spiro atoms. The Morgan fingerprint density at radius 1 is 1.30 bits per heavy atom. The monoisotopic (exact) mass is 300 g/mol. The lowest BCUT2D eigenvalue weighted by Crippen LogP contribution is -2.40. The van der Waals surface area contributed by atoms with Gasteiger partial charge in [0, 0.05) is 24.8 Å². The predicted octanol–water partition coefficient (Wildman–Crippen LogP) is 1.95. The van der Waals surface area contributed by atoms with Crippen LogP contribution in [0.5, 0.6) is 5.75 Å². The molecule has 6 heteroatoms. The van der Waals surface area contributed by atoms with E-state index in [-0.39, 0.29) is 24.3 Å². The second kappa shape index (κ2) is 6.95. The molecule has 0 radical (unpaired) electrons. The number of sulfonamides is 1. The van der Waals surface area contributed by atoms with E-state index in [1.165, 1.54) is 4.31 Å². The number of hydrogen-bond donors (Lipinski definition) is 1. The van der Waals surface area contributed by atoms with Crippen molar-refractivity contribution < 1.29 is 13.2 Å². The molecule has 0 fully saturated rings. The fourth-order valence-electron chi connectivity index (χ4n) is 1.69. The first kappa shape index (κ1) is 16.8. The molecule has 0 saturated heterocycles. The maximum atomic E-state index is 12.2. The van der Waals surface area contributed by atoms with Crippen LogP contribution in [0.3, 0.4) is 0 Å². The first-order valence-corrected chi connectivity index (χ1v) is 8.29. The van der Waals surface area contributed by atoms with Crippen LogP contribution in [0.1, 0.15) is 20.8 Å². The molecule has 2 N–H and O–H groups in total. The predicted molar refractivity (Wildman–Crippen MR) is 82.2 cm³/mol. The molecule has 0 heterocycles. The van der Waals surface area contributed by atoms with Crippen molar-refractivity contribution in [1.29, 1.82) is 0 Å². The van der Waals surface area contributed by atoms with Crippen LogP contribution in [0.15, 0.2) is 24.3 Å². The number of anilines is 1. The number of nitrogen functional groups attached to an aromatic ring is 1. The summed E-state index contributed by atoms with van der Waals surface area (Å²) in [5.74, 6) is 0.805. The third-order valence-electron chi connectivity index (χ3n) is 3.45. The molecule has 0 amide bonds. The quantitative estimate of drug-likeness (QED) is 0.781. The van der Waals surface area contributed by atoms with Crippen LogP contribution in [0.25, 0.3) is 0 Å². The number of benzene rings is 1. The van der Waals surface area contributed by atoms with Gasteiger partial charge in [-0.15, -0.1) is 0 Å². The minimum Gasteiger partial charge on any atom is -0.492 e. The van der Waals surface area contributed by atoms with Crippen LogP contribution >= 0.6 is 0 Å². The van der Waals surface area contributed by atoms with E-state index in [0.717, 1.165) is 0 Å². The lowest BCUT2D eigenvalue weighted by atomic mass is 10.1. The number of nitrogens with zero attached hydrogens (tertiary/aromatic N) is 1. The smallest absolute Gasteiger partial charge is 0.217 e. The molecule has 1 rings (SSSR count). The summed E-state index contributed by atoms with van der Waals surface area (Å²) in [4.78, 5) is 0. The van der Waals surface area contributed by atoms with E-state index in [0.29, 0.717) is 11.4 Å². The van der Waals surface area contributed by atoms with E-state index >= 15 is 0 Å². The topological polar surface area (TPSA) is 72.6 Å². The Bertz CT molecular complexity index is 529. The van der Waals surface area contributed by atoms with Crippen molar-refractivity contribution in [3.05, 3.63) is 24.3 Å². The van der Waals surface area contributed by atoms with Gasteiger partial charge in [0.2, 0.25) is 10.0 Å². The highest BCUT2D eigenvalue weighted by molar-refractivity contribution is 7.89. The van der Waals surface area contributed by atoms with Crippen LogP contribution in [-0.2, 0) is 10.0 Å². The van der Waals surface area contributed by atoms with E-state index in [2.05, 4.69) is 0 Å². The summed E-state index contributed by atoms with van der Waals surface area (Å²) in [7, 11) is -1.70. The summed E-state index contributed by atoms with van der Waals surface area (Å²) in [6.07, 6.45) is 0. The summed E-state index contributed by atoms with van der Waals surface area (Å²) < 4.78 is 31.2. The van der Waals surface area contributed by atoms with Crippen LogP contribution in [0.2, 0.25) is 0 Å². The largest absolute Gasteiger partial charge is 0.492 e. The number of hydrogen-bond acceptors (Lipinski definition) is 4. The van der Waals surface area contributed by atoms with Crippen LogP contribution in [0, 0.1) is 5.92 Å². The summed E-state index contributed by atoms with van der Waals surface area (Å²) in [6, 6.07) is 6.91. The molecule has 1 aromatic carbocycles. The van der Waals surface area contributed by atoms with Gasteiger partial charge in [-0.3, -0.25) is 0 Å². The van der Waals surface area contributed by atoms with E-state index in [4.69, 9.17) is 10.5 Å². The number of rotatable bonds is 7. The van der Waals surface area contributed by atoms with Gasteiger partial charge in [0.25, 0.3) is 0 Å². The lowest BCUT2D eigenvalue weighted by molar-refractivity contribution is 0.305. The third kappa shape index (κ3) is 4.68. The van der Waals surface area contributed by atoms with E-state index in [1.807, 2.05) is 20.8 Å². The molecule has 0 aliphatic rings. The molecular formula is C14H24N2O3S. The Morgan fingerprint density at radius 3 is 2.50 bits per heavy atom. The average Bonchev–Trinajstić information content (AvgIpc) is 2.36. The summed E-state index contributed by atoms with van der Waals surface area (Å²) in [5.41, 5.74) is 6.22. The van der Waals surface area contributed by atoms with Crippen LogP contribution in [-0.4, -0.2) is 38.2 Å². The Kier molecular flexibility index (Phi) is 5.83. The normalized spacial score (nSPS) is 13.7. The Hall–Kier alpha value is -1.27. The van der Waals surface area contributed by atoms with E-state index in [1.54, 1.807) is 31.3 Å². The van der Waals surface area contributed by atoms with Crippen molar-refractivity contribution in [2.45, 2.75) is 26.8 Å². The zero-order valence-electron chi connectivity index (χ0n) is 12.5. The Labute approximate surface area is 121 Å². The Morgan fingerprint density at radius 2 is 1.95 bits per heavy atom. The van der Waals surface area contributed by atoms with Gasteiger partial charge < -0.3 is 10.5 Å². The summed E-state index contributed by atoms with van der Waals surface area (Å²) >= 11 is 0. The van der Waals surface area contributed by atoms with Gasteiger partial charge >= 0.3 is 0 Å². The van der Waals surface area contributed by atoms with Gasteiger partial charge in [0.15, 0.2) is 0 Å². The minimum atomic E-state index is -3.31. The van der Waals surface area contributed by atoms with Crippen molar-refractivity contribution in [3.63, 3.8) is 0 Å². The highest BCUT2D eigenvalue weighted by atomic mass is 32.2. The SMILES string of the molecule is CC(C)C(C)N(C)S(=O)(=O)CCOc1cccc(N)c1. The van der Waals surface area contributed by atoms with Crippen molar-refractivity contribution in [2.75, 3.05) is 25.1 Å². The summed E-state index contributed by atoms with van der Waals surface area (Å²) in [5, 5.41) is 0. The lowest BCUT2D eigenvalue weighted by Gasteiger charge is -2.27. The molecule has 0 saturated carbocycles. The average molecular weight is 300 g/mol. The molecular weight excluding hydrogens is 276 g/mol. The van der Waals surface area contributed by atoms with Crippen molar-refractivity contribution in [1.82, 2.24) is 4.31 Å². The fourth-order valence-corrected chi connectivity index (χ4v) is 3.02.